The van der Waals surface area contributed by atoms with Gasteiger partial charge in [0.25, 0.3) is 0 Å². The van der Waals surface area contributed by atoms with Crippen LogP contribution in [-0.2, 0) is 0 Å². The van der Waals surface area contributed by atoms with E-state index in [1.807, 2.05) is 31.3 Å². The van der Waals surface area contributed by atoms with E-state index in [2.05, 4.69) is 27.8 Å². The monoisotopic (exact) mass is 265 g/mol. The van der Waals surface area contributed by atoms with Gasteiger partial charge in [0.1, 0.15) is 0 Å². The first-order valence-electron chi connectivity index (χ1n) is 4.90. The second-order valence-corrected chi connectivity index (χ2v) is 4.20. The summed E-state index contributed by atoms with van der Waals surface area (Å²) in [5.41, 5.74) is 1.15. The quantitative estimate of drug-likeness (QED) is 0.826. The highest BCUT2D eigenvalue weighted by Gasteiger charge is 2.07. The van der Waals surface area contributed by atoms with Crippen LogP contribution in [0.4, 0.5) is 0 Å². The standard InChI is InChI=1S/C12H12BrNO/c1-3-15-12-9-5-4-6-10(13)11(9)8(2)7-14-12/h4-7H,3H2,1-2H3. The Labute approximate surface area is 97.4 Å². The fourth-order valence-corrected chi connectivity index (χ4v) is 2.32. The van der Waals surface area contributed by atoms with E-state index in [-0.39, 0.29) is 0 Å². The number of aromatic nitrogens is 1. The molecule has 0 spiro atoms. The lowest BCUT2D eigenvalue weighted by molar-refractivity contribution is 0.331. The predicted octanol–water partition coefficient (Wildman–Crippen LogP) is 3.70. The maximum atomic E-state index is 5.50. The van der Waals surface area contributed by atoms with Crippen molar-refractivity contribution >= 4 is 26.7 Å². The average Bonchev–Trinajstić information content (AvgIpc) is 2.22. The summed E-state index contributed by atoms with van der Waals surface area (Å²) < 4.78 is 6.58. The molecular weight excluding hydrogens is 254 g/mol. The Morgan fingerprint density at radius 3 is 2.93 bits per heavy atom. The molecule has 2 rings (SSSR count). The SMILES string of the molecule is CCOc1ncc(C)c2c(Br)cccc12. The minimum Gasteiger partial charge on any atom is -0.478 e. The molecule has 0 bridgehead atoms. The molecule has 0 fully saturated rings. The fraction of sp³-hybridized carbons (Fsp3) is 0.250. The van der Waals surface area contributed by atoms with Gasteiger partial charge < -0.3 is 4.74 Å². The molecule has 0 aliphatic carbocycles. The molecule has 0 aliphatic heterocycles. The number of nitrogens with zero attached hydrogens (tertiary/aromatic N) is 1. The highest BCUT2D eigenvalue weighted by atomic mass is 79.9. The van der Waals surface area contributed by atoms with Crippen LogP contribution in [0.15, 0.2) is 28.9 Å². The average molecular weight is 266 g/mol. The van der Waals surface area contributed by atoms with Crippen molar-refractivity contribution in [1.82, 2.24) is 4.98 Å². The van der Waals surface area contributed by atoms with Crippen molar-refractivity contribution in [1.29, 1.82) is 0 Å². The molecule has 2 aromatic rings. The summed E-state index contributed by atoms with van der Waals surface area (Å²) in [6, 6.07) is 6.06. The number of fused-ring (bicyclic) bond motifs is 1. The molecule has 0 saturated carbocycles. The third-order valence-corrected chi connectivity index (χ3v) is 2.96. The summed E-state index contributed by atoms with van der Waals surface area (Å²) in [4.78, 5) is 4.29. The summed E-state index contributed by atoms with van der Waals surface area (Å²) >= 11 is 3.55. The van der Waals surface area contributed by atoms with Crippen LogP contribution >= 0.6 is 15.9 Å². The van der Waals surface area contributed by atoms with Crippen molar-refractivity contribution in [3.8, 4) is 5.88 Å². The number of hydrogen-bond acceptors (Lipinski definition) is 2. The largest absolute Gasteiger partial charge is 0.478 e. The van der Waals surface area contributed by atoms with Crippen molar-refractivity contribution < 1.29 is 4.74 Å². The number of hydrogen-bond donors (Lipinski definition) is 0. The van der Waals surface area contributed by atoms with E-state index >= 15 is 0 Å². The maximum Gasteiger partial charge on any atom is 0.221 e. The van der Waals surface area contributed by atoms with Gasteiger partial charge in [-0.25, -0.2) is 4.98 Å². The van der Waals surface area contributed by atoms with Gasteiger partial charge in [0.05, 0.1) is 6.61 Å². The van der Waals surface area contributed by atoms with E-state index in [9.17, 15) is 0 Å². The molecule has 3 heteroatoms. The Balaban J connectivity index is 2.76. The number of aryl methyl sites for hydroxylation is 1. The van der Waals surface area contributed by atoms with Crippen molar-refractivity contribution in [3.05, 3.63) is 34.4 Å². The fourth-order valence-electron chi connectivity index (χ4n) is 1.64. The molecule has 0 aliphatic rings. The number of halogens is 1. The van der Waals surface area contributed by atoms with Crippen LogP contribution in [0.3, 0.4) is 0 Å². The molecule has 0 radical (unpaired) electrons. The molecule has 0 N–H and O–H groups in total. The zero-order valence-corrected chi connectivity index (χ0v) is 10.3. The smallest absolute Gasteiger partial charge is 0.221 e. The van der Waals surface area contributed by atoms with Crippen LogP contribution in [0, 0.1) is 6.92 Å². The lowest BCUT2D eigenvalue weighted by Gasteiger charge is -2.09. The lowest BCUT2D eigenvalue weighted by Crippen LogP contribution is -1.96. The van der Waals surface area contributed by atoms with Gasteiger partial charge in [-0.1, -0.05) is 22.0 Å². The van der Waals surface area contributed by atoms with Gasteiger partial charge in [-0.05, 0) is 31.5 Å². The molecular formula is C12H12BrNO. The van der Waals surface area contributed by atoms with Crippen LogP contribution < -0.4 is 4.74 Å². The van der Waals surface area contributed by atoms with E-state index in [4.69, 9.17) is 4.74 Å². The van der Waals surface area contributed by atoms with Gasteiger partial charge in [0.15, 0.2) is 0 Å². The lowest BCUT2D eigenvalue weighted by atomic mass is 10.1. The first kappa shape index (κ1) is 10.4. The Morgan fingerprint density at radius 1 is 1.40 bits per heavy atom. The molecule has 1 aromatic heterocycles. The van der Waals surface area contributed by atoms with Gasteiger partial charge in [-0.3, -0.25) is 0 Å². The molecule has 0 atom stereocenters. The molecule has 0 amide bonds. The second kappa shape index (κ2) is 4.19. The molecule has 2 nitrogen and oxygen atoms in total. The molecule has 1 aromatic carbocycles. The van der Waals surface area contributed by atoms with Crippen molar-refractivity contribution in [2.45, 2.75) is 13.8 Å². The van der Waals surface area contributed by atoms with Crippen molar-refractivity contribution in [2.75, 3.05) is 6.61 Å². The summed E-state index contributed by atoms with van der Waals surface area (Å²) in [5.74, 6) is 0.708. The van der Waals surface area contributed by atoms with E-state index in [1.54, 1.807) is 0 Å². The molecule has 1 heterocycles. The van der Waals surface area contributed by atoms with Gasteiger partial charge in [0, 0.05) is 21.4 Å². The Hall–Kier alpha value is -1.09. The highest BCUT2D eigenvalue weighted by molar-refractivity contribution is 9.10. The van der Waals surface area contributed by atoms with Crippen LogP contribution in [0.25, 0.3) is 10.8 Å². The van der Waals surface area contributed by atoms with Crippen molar-refractivity contribution in [2.24, 2.45) is 0 Å². The summed E-state index contributed by atoms with van der Waals surface area (Å²) in [7, 11) is 0. The zero-order chi connectivity index (χ0) is 10.8. The van der Waals surface area contributed by atoms with Gasteiger partial charge >= 0.3 is 0 Å². The Bertz CT molecular complexity index is 488. The first-order valence-corrected chi connectivity index (χ1v) is 5.70. The predicted molar refractivity (Wildman–Crippen MR) is 65.3 cm³/mol. The van der Waals surface area contributed by atoms with Crippen LogP contribution in [0.5, 0.6) is 5.88 Å². The number of pyridine rings is 1. The molecule has 15 heavy (non-hydrogen) atoms. The molecule has 0 unspecified atom stereocenters. The number of benzene rings is 1. The number of rotatable bonds is 2. The van der Waals surface area contributed by atoms with Crippen LogP contribution in [-0.4, -0.2) is 11.6 Å². The first-order chi connectivity index (χ1) is 7.24. The highest BCUT2D eigenvalue weighted by Crippen LogP contribution is 2.31. The third-order valence-electron chi connectivity index (χ3n) is 2.29. The van der Waals surface area contributed by atoms with Gasteiger partial charge in [0.2, 0.25) is 5.88 Å². The summed E-state index contributed by atoms with van der Waals surface area (Å²) in [6.45, 7) is 4.65. The van der Waals surface area contributed by atoms with Crippen molar-refractivity contribution in [3.63, 3.8) is 0 Å². The molecule has 78 valence electrons. The minimum absolute atomic E-state index is 0.637. The maximum absolute atomic E-state index is 5.50. The normalized spacial score (nSPS) is 10.6. The van der Waals surface area contributed by atoms with E-state index < -0.39 is 0 Å². The minimum atomic E-state index is 0.637. The Morgan fingerprint density at radius 2 is 2.20 bits per heavy atom. The van der Waals surface area contributed by atoms with E-state index in [0.717, 1.165) is 15.4 Å². The van der Waals surface area contributed by atoms with Crippen LogP contribution in [0.1, 0.15) is 12.5 Å². The Kier molecular flexibility index (Phi) is 2.91. The van der Waals surface area contributed by atoms with E-state index in [1.165, 1.54) is 5.39 Å². The summed E-state index contributed by atoms with van der Waals surface area (Å²) in [6.07, 6.45) is 1.85. The summed E-state index contributed by atoms with van der Waals surface area (Å²) in [5, 5.41) is 2.24. The zero-order valence-electron chi connectivity index (χ0n) is 8.75. The van der Waals surface area contributed by atoms with Gasteiger partial charge in [-0.15, -0.1) is 0 Å². The topological polar surface area (TPSA) is 22.1 Å². The van der Waals surface area contributed by atoms with Crippen LogP contribution in [0.2, 0.25) is 0 Å². The number of ether oxygens (including phenoxy) is 1. The molecule has 0 saturated heterocycles. The second-order valence-electron chi connectivity index (χ2n) is 3.34. The third kappa shape index (κ3) is 1.84. The van der Waals surface area contributed by atoms with Gasteiger partial charge in [-0.2, -0.15) is 0 Å². The van der Waals surface area contributed by atoms with E-state index in [0.29, 0.717) is 12.5 Å².